The van der Waals surface area contributed by atoms with E-state index in [1.54, 1.807) is 0 Å². The number of benzene rings is 1. The monoisotopic (exact) mass is 314 g/mol. The molecule has 0 fully saturated rings. The number of pyridine rings is 1. The van der Waals surface area contributed by atoms with Crippen LogP contribution >= 0.6 is 11.6 Å². The fourth-order valence-electron chi connectivity index (χ4n) is 1.78. The number of halogens is 3. The van der Waals surface area contributed by atoms with Crippen LogP contribution in [-0.2, 0) is 4.74 Å². The molecule has 0 spiro atoms. The molecule has 1 heterocycles. The van der Waals surface area contributed by atoms with Crippen molar-refractivity contribution in [3.63, 3.8) is 0 Å². The van der Waals surface area contributed by atoms with Gasteiger partial charge in [-0.05, 0) is 24.3 Å². The van der Waals surface area contributed by atoms with E-state index in [1.807, 2.05) is 0 Å². The van der Waals surface area contributed by atoms with Gasteiger partial charge in [0.15, 0.2) is 6.10 Å². The minimum atomic E-state index is -1.67. The minimum absolute atomic E-state index is 0.0131. The number of rotatable bonds is 3. The molecule has 0 saturated heterocycles. The Morgan fingerprint density at radius 1 is 1.33 bits per heavy atom. The fraction of sp³-hybridized carbons (Fsp3) is 0.0769. The van der Waals surface area contributed by atoms with E-state index in [0.717, 1.165) is 18.2 Å². The van der Waals surface area contributed by atoms with Crippen LogP contribution in [0.25, 0.3) is 0 Å². The maximum atomic E-state index is 13.9. The van der Waals surface area contributed by atoms with Crippen molar-refractivity contribution >= 4 is 23.6 Å². The molecular weight excluding hydrogens is 306 g/mol. The van der Waals surface area contributed by atoms with E-state index in [4.69, 9.17) is 22.4 Å². The van der Waals surface area contributed by atoms with Crippen molar-refractivity contribution in [2.45, 2.75) is 6.10 Å². The molecule has 0 saturated carbocycles. The number of nitrogen functional groups attached to an aromatic ring is 1. The summed E-state index contributed by atoms with van der Waals surface area (Å²) in [5.74, 6) is -1.55. The van der Waals surface area contributed by atoms with Crippen LogP contribution in [0.1, 0.15) is 17.2 Å². The van der Waals surface area contributed by atoms with Crippen LogP contribution < -0.4 is 5.73 Å². The number of carbonyl (C=O) groups is 1. The van der Waals surface area contributed by atoms with E-state index < -0.39 is 23.9 Å². The molecule has 1 aromatic carbocycles. The predicted molar refractivity (Wildman–Crippen MR) is 71.0 cm³/mol. The van der Waals surface area contributed by atoms with E-state index in [0.29, 0.717) is 0 Å². The molecule has 0 aliphatic carbocycles. The predicted octanol–water partition coefficient (Wildman–Crippen LogP) is 3.38. The molecule has 0 bridgehead atoms. The summed E-state index contributed by atoms with van der Waals surface area (Å²) in [6, 6.07) is 3.83. The highest BCUT2D eigenvalue weighted by Gasteiger charge is 2.25. The largest absolute Gasteiger partial charge is 0.506 e. The van der Waals surface area contributed by atoms with Crippen molar-refractivity contribution in [2.75, 3.05) is 5.73 Å². The van der Waals surface area contributed by atoms with E-state index in [-0.39, 0.29) is 22.0 Å². The van der Waals surface area contributed by atoms with Gasteiger partial charge in [-0.3, -0.25) is 0 Å². The van der Waals surface area contributed by atoms with Gasteiger partial charge in [0.25, 0.3) is 0 Å². The Kier molecular flexibility index (Phi) is 4.23. The first-order chi connectivity index (χ1) is 9.88. The number of ether oxygens (including phenoxy) is 1. The van der Waals surface area contributed by atoms with Gasteiger partial charge in [0.1, 0.15) is 17.5 Å². The van der Waals surface area contributed by atoms with Crippen molar-refractivity contribution in [3.05, 3.63) is 58.2 Å². The van der Waals surface area contributed by atoms with Crippen LogP contribution in [0.3, 0.4) is 0 Å². The summed E-state index contributed by atoms with van der Waals surface area (Å²) in [7, 11) is 0. The molecule has 21 heavy (non-hydrogen) atoms. The zero-order valence-corrected chi connectivity index (χ0v) is 11.1. The Labute approximate surface area is 122 Å². The van der Waals surface area contributed by atoms with E-state index in [1.165, 1.54) is 12.3 Å². The number of nitrogens with zero attached hydrogens (tertiary/aromatic N) is 1. The average Bonchev–Trinajstić information content (AvgIpc) is 2.42. The topological polar surface area (TPSA) is 85.4 Å². The van der Waals surface area contributed by atoms with Gasteiger partial charge in [-0.25, -0.2) is 18.6 Å². The van der Waals surface area contributed by atoms with Crippen LogP contribution in [0.5, 0.6) is 0 Å². The quantitative estimate of drug-likeness (QED) is 0.848. The van der Waals surface area contributed by atoms with Gasteiger partial charge in [0, 0.05) is 17.3 Å². The molecule has 1 unspecified atom stereocenters. The molecule has 5 nitrogen and oxygen atoms in total. The molecule has 0 aliphatic rings. The summed E-state index contributed by atoms with van der Waals surface area (Å²) in [6.45, 7) is 0. The summed E-state index contributed by atoms with van der Waals surface area (Å²) >= 11 is 5.91. The highest BCUT2D eigenvalue weighted by molar-refractivity contribution is 6.31. The van der Waals surface area contributed by atoms with Crippen LogP contribution in [0.4, 0.5) is 19.4 Å². The van der Waals surface area contributed by atoms with Crippen molar-refractivity contribution < 1.29 is 23.4 Å². The maximum Gasteiger partial charge on any atom is 0.506 e. The van der Waals surface area contributed by atoms with Gasteiger partial charge in [-0.2, -0.15) is 0 Å². The van der Waals surface area contributed by atoms with Gasteiger partial charge in [0.2, 0.25) is 0 Å². The summed E-state index contributed by atoms with van der Waals surface area (Å²) in [5, 5.41) is 8.81. The SMILES string of the molecule is Nc1cc(C(OC(=O)O)c2cc(F)ccc2F)c(Cl)cn1. The Morgan fingerprint density at radius 2 is 2.05 bits per heavy atom. The van der Waals surface area contributed by atoms with Crippen molar-refractivity contribution in [2.24, 2.45) is 0 Å². The van der Waals surface area contributed by atoms with E-state index in [9.17, 15) is 13.6 Å². The van der Waals surface area contributed by atoms with Gasteiger partial charge in [-0.1, -0.05) is 11.6 Å². The average molecular weight is 315 g/mol. The fourth-order valence-corrected chi connectivity index (χ4v) is 1.99. The highest BCUT2D eigenvalue weighted by atomic mass is 35.5. The van der Waals surface area contributed by atoms with Gasteiger partial charge in [0.05, 0.1) is 5.02 Å². The number of nitrogens with two attached hydrogens (primary N) is 1. The molecular formula is C13H9ClF2N2O3. The van der Waals surface area contributed by atoms with Crippen molar-refractivity contribution in [1.82, 2.24) is 4.98 Å². The van der Waals surface area contributed by atoms with Gasteiger partial charge >= 0.3 is 6.16 Å². The Balaban J connectivity index is 2.60. The van der Waals surface area contributed by atoms with Gasteiger partial charge < -0.3 is 15.6 Å². The third-order valence-electron chi connectivity index (χ3n) is 2.65. The van der Waals surface area contributed by atoms with Crippen molar-refractivity contribution in [3.8, 4) is 0 Å². The second-order valence-corrected chi connectivity index (χ2v) is 4.47. The zero-order valence-electron chi connectivity index (χ0n) is 10.4. The van der Waals surface area contributed by atoms with Crippen LogP contribution in [-0.4, -0.2) is 16.2 Å². The van der Waals surface area contributed by atoms with Gasteiger partial charge in [-0.15, -0.1) is 0 Å². The lowest BCUT2D eigenvalue weighted by Crippen LogP contribution is -2.14. The Bertz CT molecular complexity index is 646. The Hall–Kier alpha value is -2.41. The first-order valence-electron chi connectivity index (χ1n) is 5.64. The standard InChI is InChI=1S/C13H9ClF2N2O3/c14-9-5-18-11(17)4-7(9)12(21-13(19)20)8-3-6(15)1-2-10(8)16/h1-5,12H,(H2,17,18)(H,19,20). The summed E-state index contributed by atoms with van der Waals surface area (Å²) in [4.78, 5) is 14.5. The number of anilines is 1. The minimum Gasteiger partial charge on any atom is -0.450 e. The molecule has 0 amide bonds. The van der Waals surface area contributed by atoms with Crippen LogP contribution in [0.2, 0.25) is 5.02 Å². The normalized spacial score (nSPS) is 12.0. The molecule has 110 valence electrons. The molecule has 0 radical (unpaired) electrons. The smallest absolute Gasteiger partial charge is 0.450 e. The third kappa shape index (κ3) is 3.38. The second-order valence-electron chi connectivity index (χ2n) is 4.06. The lowest BCUT2D eigenvalue weighted by molar-refractivity contribution is 0.0650. The molecule has 1 atom stereocenters. The van der Waals surface area contributed by atoms with Crippen LogP contribution in [0.15, 0.2) is 30.5 Å². The van der Waals surface area contributed by atoms with E-state index in [2.05, 4.69) is 9.72 Å². The maximum absolute atomic E-state index is 13.9. The third-order valence-corrected chi connectivity index (χ3v) is 2.96. The van der Waals surface area contributed by atoms with Crippen LogP contribution in [0, 0.1) is 11.6 Å². The number of aromatic nitrogens is 1. The molecule has 0 aliphatic heterocycles. The second kappa shape index (κ2) is 5.92. The summed E-state index contributed by atoms with van der Waals surface area (Å²) in [6.07, 6.45) is -1.96. The molecule has 2 rings (SSSR count). The number of hydrogen-bond acceptors (Lipinski definition) is 4. The lowest BCUT2D eigenvalue weighted by Gasteiger charge is -2.19. The highest BCUT2D eigenvalue weighted by Crippen LogP contribution is 2.33. The lowest BCUT2D eigenvalue weighted by atomic mass is 10.0. The first kappa shape index (κ1) is 15.0. The molecule has 8 heteroatoms. The molecule has 3 N–H and O–H groups in total. The first-order valence-corrected chi connectivity index (χ1v) is 6.01. The summed E-state index contributed by atoms with van der Waals surface area (Å²) < 4.78 is 31.8. The molecule has 1 aromatic heterocycles. The number of carboxylic acid groups (broad SMARTS) is 1. The number of hydrogen-bond donors (Lipinski definition) is 2. The molecule has 2 aromatic rings. The Morgan fingerprint density at radius 3 is 2.71 bits per heavy atom. The summed E-state index contributed by atoms with van der Waals surface area (Å²) in [5.41, 5.74) is 5.25. The van der Waals surface area contributed by atoms with Crippen molar-refractivity contribution in [1.29, 1.82) is 0 Å². The van der Waals surface area contributed by atoms with E-state index >= 15 is 0 Å². The zero-order chi connectivity index (χ0) is 15.6.